The second-order valence-corrected chi connectivity index (χ2v) is 4.61. The van der Waals surface area contributed by atoms with Crippen LogP contribution in [-0.2, 0) is 7.05 Å². The molecule has 0 unspecified atom stereocenters. The van der Waals surface area contributed by atoms with Gasteiger partial charge in [0.1, 0.15) is 5.82 Å². The third kappa shape index (κ3) is 3.34. The van der Waals surface area contributed by atoms with E-state index in [0.29, 0.717) is 11.4 Å². The molecule has 0 saturated heterocycles. The number of hydrogen-bond donors (Lipinski definition) is 2. The summed E-state index contributed by atoms with van der Waals surface area (Å²) >= 11 is 0. The van der Waals surface area contributed by atoms with E-state index in [0.717, 1.165) is 24.3 Å². The predicted octanol–water partition coefficient (Wildman–Crippen LogP) is 2.20. The van der Waals surface area contributed by atoms with Crippen LogP contribution >= 0.6 is 0 Å². The standard InChI is InChI=1S/C14H19N5O/c1-4-6-15-13-8-11(5-7-16-13)14(20)17-12-9-19(3)18-10(12)2/h5,7-9H,4,6H2,1-3H3,(H,15,16)(H,17,20). The molecule has 2 aromatic rings. The zero-order chi connectivity index (χ0) is 14.5. The van der Waals surface area contributed by atoms with Crippen molar-refractivity contribution >= 4 is 17.4 Å². The van der Waals surface area contributed by atoms with Gasteiger partial charge in [-0.1, -0.05) is 6.92 Å². The molecule has 0 fully saturated rings. The number of pyridine rings is 1. The molecule has 0 aliphatic heterocycles. The third-order valence-corrected chi connectivity index (χ3v) is 2.84. The summed E-state index contributed by atoms with van der Waals surface area (Å²) < 4.78 is 1.67. The number of aromatic nitrogens is 3. The average Bonchev–Trinajstić information content (AvgIpc) is 2.75. The largest absolute Gasteiger partial charge is 0.370 e. The SMILES string of the molecule is CCCNc1cc(C(=O)Nc2cn(C)nc2C)ccn1. The monoisotopic (exact) mass is 273 g/mol. The molecule has 0 atom stereocenters. The normalized spacial score (nSPS) is 10.3. The van der Waals surface area contributed by atoms with Crippen molar-refractivity contribution in [2.75, 3.05) is 17.2 Å². The molecular formula is C14H19N5O. The Morgan fingerprint density at radius 2 is 2.25 bits per heavy atom. The number of amides is 1. The molecule has 0 radical (unpaired) electrons. The summed E-state index contributed by atoms with van der Waals surface area (Å²) in [6, 6.07) is 3.44. The van der Waals surface area contributed by atoms with E-state index >= 15 is 0 Å². The zero-order valence-corrected chi connectivity index (χ0v) is 12.0. The number of aryl methyl sites for hydroxylation is 2. The highest BCUT2D eigenvalue weighted by Crippen LogP contribution is 2.14. The minimum absolute atomic E-state index is 0.164. The van der Waals surface area contributed by atoms with E-state index in [9.17, 15) is 4.79 Å². The van der Waals surface area contributed by atoms with E-state index < -0.39 is 0 Å². The number of carbonyl (C=O) groups is 1. The average molecular weight is 273 g/mol. The summed E-state index contributed by atoms with van der Waals surface area (Å²) in [6.45, 7) is 4.77. The number of nitrogens with zero attached hydrogens (tertiary/aromatic N) is 3. The summed E-state index contributed by atoms with van der Waals surface area (Å²) in [7, 11) is 1.82. The van der Waals surface area contributed by atoms with E-state index in [1.807, 2.05) is 14.0 Å². The molecule has 0 saturated carbocycles. The lowest BCUT2D eigenvalue weighted by Crippen LogP contribution is -2.13. The van der Waals surface area contributed by atoms with Crippen LogP contribution in [0.5, 0.6) is 0 Å². The molecule has 0 bridgehead atoms. The molecule has 0 spiro atoms. The number of nitrogens with one attached hydrogen (secondary N) is 2. The lowest BCUT2D eigenvalue weighted by molar-refractivity contribution is 0.102. The van der Waals surface area contributed by atoms with Crippen LogP contribution in [0.3, 0.4) is 0 Å². The Labute approximate surface area is 118 Å². The van der Waals surface area contributed by atoms with Crippen LogP contribution < -0.4 is 10.6 Å². The van der Waals surface area contributed by atoms with Crippen molar-refractivity contribution in [1.29, 1.82) is 0 Å². The first-order chi connectivity index (χ1) is 9.60. The molecular weight excluding hydrogens is 254 g/mol. The first-order valence-corrected chi connectivity index (χ1v) is 6.61. The van der Waals surface area contributed by atoms with Gasteiger partial charge in [0, 0.05) is 31.5 Å². The first kappa shape index (κ1) is 14.0. The number of anilines is 2. The summed E-state index contributed by atoms with van der Waals surface area (Å²) in [5.74, 6) is 0.547. The highest BCUT2D eigenvalue weighted by atomic mass is 16.1. The molecule has 0 aromatic carbocycles. The second kappa shape index (κ2) is 6.18. The highest BCUT2D eigenvalue weighted by molar-refractivity contribution is 6.04. The fourth-order valence-corrected chi connectivity index (χ4v) is 1.84. The van der Waals surface area contributed by atoms with Crippen molar-refractivity contribution in [2.45, 2.75) is 20.3 Å². The molecule has 2 heterocycles. The quantitative estimate of drug-likeness (QED) is 0.876. The second-order valence-electron chi connectivity index (χ2n) is 4.61. The van der Waals surface area contributed by atoms with Crippen LogP contribution in [0.4, 0.5) is 11.5 Å². The fourth-order valence-electron chi connectivity index (χ4n) is 1.84. The van der Waals surface area contributed by atoms with Crippen molar-refractivity contribution in [3.05, 3.63) is 35.8 Å². The Morgan fingerprint density at radius 1 is 1.45 bits per heavy atom. The Bertz CT molecular complexity index is 605. The molecule has 0 aliphatic carbocycles. The molecule has 6 heteroatoms. The molecule has 20 heavy (non-hydrogen) atoms. The fraction of sp³-hybridized carbons (Fsp3) is 0.357. The van der Waals surface area contributed by atoms with Crippen LogP contribution in [0.15, 0.2) is 24.5 Å². The van der Waals surface area contributed by atoms with Crippen molar-refractivity contribution in [3.63, 3.8) is 0 Å². The van der Waals surface area contributed by atoms with Crippen LogP contribution in [0.1, 0.15) is 29.4 Å². The predicted molar refractivity (Wildman–Crippen MR) is 78.9 cm³/mol. The van der Waals surface area contributed by atoms with Gasteiger partial charge in [-0.15, -0.1) is 0 Å². The van der Waals surface area contributed by atoms with E-state index in [1.165, 1.54) is 0 Å². The van der Waals surface area contributed by atoms with Crippen molar-refractivity contribution in [2.24, 2.45) is 7.05 Å². The van der Waals surface area contributed by atoms with Crippen molar-refractivity contribution in [1.82, 2.24) is 14.8 Å². The van der Waals surface area contributed by atoms with Gasteiger partial charge in [0.2, 0.25) is 0 Å². The van der Waals surface area contributed by atoms with E-state index in [1.54, 1.807) is 29.2 Å². The maximum atomic E-state index is 12.2. The number of carbonyl (C=O) groups excluding carboxylic acids is 1. The molecule has 6 nitrogen and oxygen atoms in total. The summed E-state index contributed by atoms with van der Waals surface area (Å²) in [5, 5.41) is 10.2. The zero-order valence-electron chi connectivity index (χ0n) is 12.0. The maximum absolute atomic E-state index is 12.2. The van der Waals surface area contributed by atoms with Gasteiger partial charge in [0.05, 0.1) is 11.4 Å². The Hall–Kier alpha value is -2.37. The van der Waals surface area contributed by atoms with Crippen molar-refractivity contribution in [3.8, 4) is 0 Å². The lowest BCUT2D eigenvalue weighted by Gasteiger charge is -2.07. The van der Waals surface area contributed by atoms with Crippen molar-refractivity contribution < 1.29 is 4.79 Å². The highest BCUT2D eigenvalue weighted by Gasteiger charge is 2.10. The molecule has 2 aromatic heterocycles. The van der Waals surface area contributed by atoms with Gasteiger partial charge in [-0.3, -0.25) is 9.48 Å². The van der Waals surface area contributed by atoms with Gasteiger partial charge < -0.3 is 10.6 Å². The molecule has 1 amide bonds. The number of hydrogen-bond acceptors (Lipinski definition) is 4. The van der Waals surface area contributed by atoms with Crippen LogP contribution in [0.2, 0.25) is 0 Å². The van der Waals surface area contributed by atoms with E-state index in [2.05, 4.69) is 27.6 Å². The van der Waals surface area contributed by atoms with E-state index in [-0.39, 0.29) is 5.91 Å². The van der Waals surface area contributed by atoms with Crippen LogP contribution in [0, 0.1) is 6.92 Å². The molecule has 0 aliphatic rings. The van der Waals surface area contributed by atoms with Gasteiger partial charge in [0.15, 0.2) is 0 Å². The molecule has 106 valence electrons. The minimum Gasteiger partial charge on any atom is -0.370 e. The topological polar surface area (TPSA) is 71.8 Å². The molecule has 2 N–H and O–H groups in total. The number of rotatable bonds is 5. The smallest absolute Gasteiger partial charge is 0.255 e. The van der Waals surface area contributed by atoms with Crippen LogP contribution in [0.25, 0.3) is 0 Å². The summed E-state index contributed by atoms with van der Waals surface area (Å²) in [6.07, 6.45) is 4.42. The Balaban J connectivity index is 2.10. The summed E-state index contributed by atoms with van der Waals surface area (Å²) in [5.41, 5.74) is 2.08. The van der Waals surface area contributed by atoms with Gasteiger partial charge >= 0.3 is 0 Å². The molecule has 2 rings (SSSR count). The van der Waals surface area contributed by atoms with Gasteiger partial charge in [0.25, 0.3) is 5.91 Å². The van der Waals surface area contributed by atoms with E-state index in [4.69, 9.17) is 0 Å². The maximum Gasteiger partial charge on any atom is 0.255 e. The first-order valence-electron chi connectivity index (χ1n) is 6.61. The minimum atomic E-state index is -0.164. The van der Waals surface area contributed by atoms with Crippen LogP contribution in [-0.4, -0.2) is 27.2 Å². The third-order valence-electron chi connectivity index (χ3n) is 2.84. The van der Waals surface area contributed by atoms with Gasteiger partial charge in [-0.2, -0.15) is 5.10 Å². The Morgan fingerprint density at radius 3 is 2.90 bits per heavy atom. The summed E-state index contributed by atoms with van der Waals surface area (Å²) in [4.78, 5) is 16.4. The lowest BCUT2D eigenvalue weighted by atomic mass is 10.2. The van der Waals surface area contributed by atoms with Gasteiger partial charge in [-0.25, -0.2) is 4.98 Å². The Kier molecular flexibility index (Phi) is 4.34. The van der Waals surface area contributed by atoms with Gasteiger partial charge in [-0.05, 0) is 25.5 Å².